The van der Waals surface area contributed by atoms with Crippen molar-refractivity contribution >= 4 is 0 Å². The Labute approximate surface area is 126 Å². The van der Waals surface area contributed by atoms with Gasteiger partial charge in [0.05, 0.1) is 0 Å². The van der Waals surface area contributed by atoms with Gasteiger partial charge in [-0.25, -0.2) is 0 Å². The summed E-state index contributed by atoms with van der Waals surface area (Å²) in [6.07, 6.45) is 8.51. The van der Waals surface area contributed by atoms with Crippen LogP contribution in [0.15, 0.2) is 0 Å². The first kappa shape index (κ1) is 16.3. The van der Waals surface area contributed by atoms with E-state index >= 15 is 0 Å². The van der Waals surface area contributed by atoms with Crippen LogP contribution in [0.5, 0.6) is 0 Å². The maximum atomic E-state index is 3.91. The standard InChI is InChI=1S/C18H36N2/c1-5-17(6-2)20(13-14(3)4)12-11-19-18(15-7-8-15)16-9-10-16/h14-19H,5-13H2,1-4H3. The molecule has 0 unspecified atom stereocenters. The molecule has 2 fully saturated rings. The summed E-state index contributed by atoms with van der Waals surface area (Å²) in [6, 6.07) is 1.64. The zero-order chi connectivity index (χ0) is 14.5. The number of nitrogens with zero attached hydrogens (tertiary/aromatic N) is 1. The highest BCUT2D eigenvalue weighted by Crippen LogP contribution is 2.44. The Morgan fingerprint density at radius 2 is 1.55 bits per heavy atom. The molecule has 0 aromatic carbocycles. The molecule has 118 valence electrons. The predicted octanol–water partition coefficient (Wildman–Crippen LogP) is 3.91. The molecule has 0 atom stereocenters. The van der Waals surface area contributed by atoms with Crippen LogP contribution in [0.1, 0.15) is 66.2 Å². The van der Waals surface area contributed by atoms with E-state index < -0.39 is 0 Å². The highest BCUT2D eigenvalue weighted by atomic mass is 15.2. The minimum absolute atomic E-state index is 0.776. The normalized spacial score (nSPS) is 19.8. The molecule has 0 aromatic rings. The van der Waals surface area contributed by atoms with Gasteiger partial charge in [0.1, 0.15) is 0 Å². The molecular weight excluding hydrogens is 244 g/mol. The Hall–Kier alpha value is -0.0800. The highest BCUT2D eigenvalue weighted by Gasteiger charge is 2.40. The summed E-state index contributed by atoms with van der Waals surface area (Å²) in [5, 5.41) is 3.91. The molecular formula is C18H36N2. The lowest BCUT2D eigenvalue weighted by Gasteiger charge is -2.32. The van der Waals surface area contributed by atoms with Crippen molar-refractivity contribution in [2.24, 2.45) is 17.8 Å². The Bertz CT molecular complexity index is 253. The second kappa shape index (κ2) is 7.79. The first-order valence-electron chi connectivity index (χ1n) is 9.13. The third-order valence-corrected chi connectivity index (χ3v) is 5.10. The van der Waals surface area contributed by atoms with Gasteiger partial charge < -0.3 is 5.32 Å². The van der Waals surface area contributed by atoms with E-state index in [1.165, 1.54) is 58.2 Å². The van der Waals surface area contributed by atoms with Crippen LogP contribution < -0.4 is 5.32 Å². The van der Waals surface area contributed by atoms with E-state index in [-0.39, 0.29) is 0 Å². The topological polar surface area (TPSA) is 15.3 Å². The molecule has 2 saturated carbocycles. The van der Waals surface area contributed by atoms with Crippen LogP contribution in [0.2, 0.25) is 0 Å². The number of hydrogen-bond acceptors (Lipinski definition) is 2. The summed E-state index contributed by atoms with van der Waals surface area (Å²) >= 11 is 0. The second-order valence-electron chi connectivity index (χ2n) is 7.51. The van der Waals surface area contributed by atoms with Crippen molar-refractivity contribution in [3.8, 4) is 0 Å². The van der Waals surface area contributed by atoms with Crippen molar-refractivity contribution in [2.45, 2.75) is 78.3 Å². The van der Waals surface area contributed by atoms with Gasteiger partial charge in [-0.15, -0.1) is 0 Å². The summed E-state index contributed by atoms with van der Waals surface area (Å²) in [4.78, 5) is 2.73. The van der Waals surface area contributed by atoms with Gasteiger partial charge in [-0.05, 0) is 56.3 Å². The summed E-state index contributed by atoms with van der Waals surface area (Å²) in [5.41, 5.74) is 0. The summed E-state index contributed by atoms with van der Waals surface area (Å²) in [5.74, 6) is 2.82. The molecule has 0 bridgehead atoms. The van der Waals surface area contributed by atoms with Gasteiger partial charge in [-0.2, -0.15) is 0 Å². The molecule has 0 saturated heterocycles. The van der Waals surface area contributed by atoms with Crippen LogP contribution in [0.4, 0.5) is 0 Å². The van der Waals surface area contributed by atoms with Crippen LogP contribution >= 0.6 is 0 Å². The summed E-state index contributed by atoms with van der Waals surface area (Å²) < 4.78 is 0. The third-order valence-electron chi connectivity index (χ3n) is 5.10. The molecule has 0 radical (unpaired) electrons. The molecule has 0 heterocycles. The van der Waals surface area contributed by atoms with Crippen LogP contribution in [-0.2, 0) is 0 Å². The van der Waals surface area contributed by atoms with Crippen molar-refractivity contribution in [3.63, 3.8) is 0 Å². The molecule has 2 aliphatic rings. The van der Waals surface area contributed by atoms with E-state index in [1.807, 2.05) is 0 Å². The van der Waals surface area contributed by atoms with Gasteiger partial charge in [-0.3, -0.25) is 4.90 Å². The Kier molecular flexibility index (Phi) is 6.35. The SMILES string of the molecule is CCC(CC)N(CCNC(C1CC1)C1CC1)CC(C)C. The Morgan fingerprint density at radius 1 is 1.00 bits per heavy atom. The van der Waals surface area contributed by atoms with Crippen LogP contribution in [0.3, 0.4) is 0 Å². The predicted molar refractivity (Wildman–Crippen MR) is 88.0 cm³/mol. The lowest BCUT2D eigenvalue weighted by molar-refractivity contribution is 0.163. The van der Waals surface area contributed by atoms with Crippen molar-refractivity contribution < 1.29 is 0 Å². The average molecular weight is 280 g/mol. The van der Waals surface area contributed by atoms with Crippen molar-refractivity contribution in [1.29, 1.82) is 0 Å². The van der Waals surface area contributed by atoms with Gasteiger partial charge in [0.25, 0.3) is 0 Å². The van der Waals surface area contributed by atoms with Crippen molar-refractivity contribution in [3.05, 3.63) is 0 Å². The largest absolute Gasteiger partial charge is 0.312 e. The van der Waals surface area contributed by atoms with Crippen LogP contribution in [-0.4, -0.2) is 36.6 Å². The number of hydrogen-bond donors (Lipinski definition) is 1. The smallest absolute Gasteiger partial charge is 0.0124 e. The second-order valence-corrected chi connectivity index (χ2v) is 7.51. The first-order valence-corrected chi connectivity index (χ1v) is 9.13. The molecule has 0 aliphatic heterocycles. The zero-order valence-electron chi connectivity index (χ0n) is 14.2. The van der Waals surface area contributed by atoms with Gasteiger partial charge in [0.15, 0.2) is 0 Å². The molecule has 20 heavy (non-hydrogen) atoms. The molecule has 0 amide bonds. The Morgan fingerprint density at radius 3 is 1.95 bits per heavy atom. The minimum atomic E-state index is 0.776. The molecule has 2 nitrogen and oxygen atoms in total. The monoisotopic (exact) mass is 280 g/mol. The summed E-state index contributed by atoms with van der Waals surface area (Å²) in [6.45, 7) is 13.1. The Balaban J connectivity index is 1.74. The van der Waals surface area contributed by atoms with E-state index in [4.69, 9.17) is 0 Å². The fraction of sp³-hybridized carbons (Fsp3) is 1.00. The zero-order valence-corrected chi connectivity index (χ0v) is 14.2. The first-order chi connectivity index (χ1) is 9.65. The average Bonchev–Trinajstić information content (AvgIpc) is 3.28. The maximum absolute atomic E-state index is 3.91. The lowest BCUT2D eigenvalue weighted by Crippen LogP contribution is -2.44. The molecule has 0 aromatic heterocycles. The summed E-state index contributed by atoms with van der Waals surface area (Å²) in [7, 11) is 0. The molecule has 2 heteroatoms. The molecule has 0 spiro atoms. The van der Waals surface area contributed by atoms with Gasteiger partial charge in [0, 0.05) is 31.7 Å². The van der Waals surface area contributed by atoms with Crippen molar-refractivity contribution in [2.75, 3.05) is 19.6 Å². The number of rotatable bonds is 11. The van der Waals surface area contributed by atoms with Gasteiger partial charge in [0.2, 0.25) is 0 Å². The molecule has 2 rings (SSSR count). The van der Waals surface area contributed by atoms with E-state index in [0.29, 0.717) is 0 Å². The number of nitrogens with one attached hydrogen (secondary N) is 1. The molecule has 2 aliphatic carbocycles. The third kappa shape index (κ3) is 5.04. The molecule has 1 N–H and O–H groups in total. The van der Waals surface area contributed by atoms with E-state index in [0.717, 1.165) is 29.8 Å². The highest BCUT2D eigenvalue weighted by molar-refractivity contribution is 4.96. The lowest BCUT2D eigenvalue weighted by atomic mass is 10.1. The van der Waals surface area contributed by atoms with Crippen molar-refractivity contribution in [1.82, 2.24) is 10.2 Å². The van der Waals surface area contributed by atoms with Crippen LogP contribution in [0.25, 0.3) is 0 Å². The fourth-order valence-electron chi connectivity index (χ4n) is 3.70. The van der Waals surface area contributed by atoms with Crippen LogP contribution in [0, 0.1) is 17.8 Å². The van der Waals surface area contributed by atoms with E-state index in [2.05, 4.69) is 37.9 Å². The maximum Gasteiger partial charge on any atom is 0.0124 e. The minimum Gasteiger partial charge on any atom is -0.312 e. The van der Waals surface area contributed by atoms with E-state index in [1.54, 1.807) is 0 Å². The van der Waals surface area contributed by atoms with Gasteiger partial charge in [-0.1, -0.05) is 27.7 Å². The fourth-order valence-corrected chi connectivity index (χ4v) is 3.70. The quantitative estimate of drug-likeness (QED) is 0.617. The van der Waals surface area contributed by atoms with Gasteiger partial charge >= 0.3 is 0 Å². The van der Waals surface area contributed by atoms with E-state index in [9.17, 15) is 0 Å².